The van der Waals surface area contributed by atoms with Gasteiger partial charge in [0, 0.05) is 37.6 Å². The van der Waals surface area contributed by atoms with Crippen molar-refractivity contribution >= 4 is 77.0 Å². The molecule has 11 rings (SSSR count). The van der Waals surface area contributed by atoms with Crippen LogP contribution in [0.4, 0.5) is 0 Å². The van der Waals surface area contributed by atoms with Crippen LogP contribution in [-0.4, -0.2) is 4.98 Å². The molecule has 0 saturated heterocycles. The lowest BCUT2D eigenvalue weighted by Crippen LogP contribution is -2.25. The largest absolute Gasteiger partial charge is 0.309 e. The predicted molar refractivity (Wildman–Crippen MR) is 247 cm³/mol. The van der Waals surface area contributed by atoms with Gasteiger partial charge in [0.25, 0.3) is 0 Å². The minimum absolute atomic E-state index is 0.817. The molecule has 0 fully saturated rings. The van der Waals surface area contributed by atoms with E-state index < -0.39 is 7.14 Å². The van der Waals surface area contributed by atoms with Gasteiger partial charge in [-0.05, 0) is 78.8 Å². The summed E-state index contributed by atoms with van der Waals surface area (Å²) in [6.45, 7) is 0. The molecule has 0 N–H and O–H groups in total. The molecule has 0 aliphatic heterocycles. The average molecular weight is 758 g/mol. The molecular formula is C55H36NOP. The van der Waals surface area contributed by atoms with Crippen LogP contribution in [-0.2, 0) is 4.57 Å². The van der Waals surface area contributed by atoms with Gasteiger partial charge < -0.3 is 4.57 Å². The number of aromatic nitrogens is 1. The number of hydrogen-bond donors (Lipinski definition) is 0. The van der Waals surface area contributed by atoms with E-state index >= 15 is 4.57 Å². The van der Waals surface area contributed by atoms with E-state index in [9.17, 15) is 0 Å². The first-order chi connectivity index (χ1) is 28.6. The van der Waals surface area contributed by atoms with E-state index in [2.05, 4.69) is 146 Å². The van der Waals surface area contributed by atoms with Gasteiger partial charge in [0.1, 0.15) is 0 Å². The van der Waals surface area contributed by atoms with Gasteiger partial charge in [-0.15, -0.1) is 0 Å². The Morgan fingerprint density at radius 1 is 0.310 bits per heavy atom. The summed E-state index contributed by atoms with van der Waals surface area (Å²) >= 11 is 0. The lowest BCUT2D eigenvalue weighted by molar-refractivity contribution is 0.592. The van der Waals surface area contributed by atoms with Crippen molar-refractivity contribution < 1.29 is 4.57 Å². The molecule has 0 bridgehead atoms. The zero-order valence-electron chi connectivity index (χ0n) is 31.6. The highest BCUT2D eigenvalue weighted by molar-refractivity contribution is 7.85. The minimum Gasteiger partial charge on any atom is -0.309 e. The molecule has 0 spiro atoms. The van der Waals surface area contributed by atoms with Gasteiger partial charge in [-0.3, -0.25) is 0 Å². The summed E-state index contributed by atoms with van der Waals surface area (Å²) in [4.78, 5) is 5.39. The summed E-state index contributed by atoms with van der Waals surface area (Å²) in [6, 6.07) is 76.3. The molecule has 3 heteroatoms. The van der Waals surface area contributed by atoms with Crippen molar-refractivity contribution in [2.45, 2.75) is 0 Å². The maximum absolute atomic E-state index is 15.2. The fourth-order valence-electron chi connectivity index (χ4n) is 8.78. The molecule has 0 saturated carbocycles. The zero-order chi connectivity index (χ0) is 38.6. The van der Waals surface area contributed by atoms with Crippen LogP contribution in [0.1, 0.15) is 0 Å². The van der Waals surface area contributed by atoms with Gasteiger partial charge in [-0.25, -0.2) is 4.98 Å². The van der Waals surface area contributed by atoms with Crippen LogP contribution >= 0.6 is 7.14 Å². The summed E-state index contributed by atoms with van der Waals surface area (Å²) in [6.07, 6.45) is 0. The second-order valence-electron chi connectivity index (χ2n) is 15.0. The summed E-state index contributed by atoms with van der Waals surface area (Å²) in [5.41, 5.74) is 7.40. The average Bonchev–Trinajstić information content (AvgIpc) is 3.31. The number of benzene rings is 10. The van der Waals surface area contributed by atoms with Crippen molar-refractivity contribution in [3.05, 3.63) is 218 Å². The van der Waals surface area contributed by atoms with Crippen LogP contribution in [0.25, 0.3) is 87.5 Å². The van der Waals surface area contributed by atoms with E-state index in [1.54, 1.807) is 0 Å². The highest BCUT2D eigenvalue weighted by Crippen LogP contribution is 2.44. The van der Waals surface area contributed by atoms with Crippen molar-refractivity contribution in [3.63, 3.8) is 0 Å². The van der Waals surface area contributed by atoms with Gasteiger partial charge in [0.15, 0.2) is 7.14 Å². The molecule has 272 valence electrons. The predicted octanol–water partition coefficient (Wildman–Crippen LogP) is 13.5. The van der Waals surface area contributed by atoms with E-state index in [0.29, 0.717) is 0 Å². The fourth-order valence-corrected chi connectivity index (χ4v) is 11.5. The normalized spacial score (nSPS) is 11.9. The fraction of sp³-hybridized carbons (Fsp3) is 0. The van der Waals surface area contributed by atoms with E-state index in [0.717, 1.165) is 54.6 Å². The molecule has 58 heavy (non-hydrogen) atoms. The molecular weight excluding hydrogens is 722 g/mol. The molecule has 1 heterocycles. The molecule has 10 aromatic carbocycles. The van der Waals surface area contributed by atoms with Gasteiger partial charge in [-0.2, -0.15) is 0 Å². The first-order valence-electron chi connectivity index (χ1n) is 19.7. The molecule has 0 radical (unpaired) electrons. The van der Waals surface area contributed by atoms with E-state index in [1.165, 1.54) is 48.8 Å². The third-order valence-electron chi connectivity index (χ3n) is 11.7. The molecule has 11 aromatic rings. The summed E-state index contributed by atoms with van der Waals surface area (Å²) in [5, 5.41) is 13.4. The minimum atomic E-state index is -3.11. The zero-order valence-corrected chi connectivity index (χ0v) is 32.5. The molecule has 0 atom stereocenters. The topological polar surface area (TPSA) is 30.0 Å². The monoisotopic (exact) mass is 757 g/mol. The van der Waals surface area contributed by atoms with Crippen molar-refractivity contribution in [2.75, 3.05) is 0 Å². The first-order valence-corrected chi connectivity index (χ1v) is 21.4. The van der Waals surface area contributed by atoms with E-state index in [1.807, 2.05) is 72.8 Å². The Morgan fingerprint density at radius 2 is 0.810 bits per heavy atom. The summed E-state index contributed by atoms with van der Waals surface area (Å²) < 4.78 is 15.2. The Hall–Kier alpha value is -7.12. The van der Waals surface area contributed by atoms with Crippen molar-refractivity contribution in [3.8, 4) is 33.5 Å². The lowest BCUT2D eigenvalue weighted by Gasteiger charge is -2.20. The number of pyridine rings is 1. The van der Waals surface area contributed by atoms with Crippen LogP contribution in [0.3, 0.4) is 0 Å². The Morgan fingerprint density at radius 3 is 1.53 bits per heavy atom. The second-order valence-corrected chi connectivity index (χ2v) is 17.8. The molecule has 1 aromatic heterocycles. The van der Waals surface area contributed by atoms with E-state index in [-0.39, 0.29) is 0 Å². The second kappa shape index (κ2) is 13.8. The van der Waals surface area contributed by atoms with Crippen LogP contribution in [0.5, 0.6) is 0 Å². The number of rotatable bonds is 6. The maximum Gasteiger partial charge on any atom is 0.171 e. The number of nitrogens with zero attached hydrogens (tertiary/aromatic N) is 1. The molecule has 0 aliphatic carbocycles. The van der Waals surface area contributed by atoms with Crippen molar-refractivity contribution in [1.82, 2.24) is 4.98 Å². The third-order valence-corrected chi connectivity index (χ3v) is 14.8. The maximum atomic E-state index is 15.2. The standard InChI is InChI=1S/C55H36NOP/c57-58(45-15-3-1-4-16-45,46-17-5-2-6-18-46)47-19-11-14-42(34-47)37-22-27-41(28-23-37)55-50-32-30-39-13-8-10-21-49(39)54(50)52-36-44(31-33-53(52)56-55)43-29-26-40-25-24-38-12-7-9-20-48(38)51(40)35-43/h1-36H. The molecule has 0 amide bonds. The van der Waals surface area contributed by atoms with Gasteiger partial charge in [0.05, 0.1) is 11.2 Å². The Kier molecular flexibility index (Phi) is 8.14. The van der Waals surface area contributed by atoms with Crippen LogP contribution in [0.2, 0.25) is 0 Å². The van der Waals surface area contributed by atoms with Crippen LogP contribution in [0, 0.1) is 0 Å². The summed E-state index contributed by atoms with van der Waals surface area (Å²) in [5.74, 6) is 0. The Balaban J connectivity index is 1.03. The SMILES string of the molecule is O=P(c1ccccc1)(c1ccccc1)c1cccc(-c2ccc(-c3nc4ccc(-c5ccc6ccc7ccccc7c6c5)cc4c4c3ccc3ccccc34)cc2)c1. The van der Waals surface area contributed by atoms with Gasteiger partial charge >= 0.3 is 0 Å². The summed E-state index contributed by atoms with van der Waals surface area (Å²) in [7, 11) is -3.11. The Labute approximate surface area is 337 Å². The van der Waals surface area contributed by atoms with Gasteiger partial charge in [-0.1, -0.05) is 194 Å². The Bertz CT molecular complexity index is 3370. The number of hydrogen-bond acceptors (Lipinski definition) is 2. The lowest BCUT2D eigenvalue weighted by atomic mass is 9.92. The molecule has 0 aliphatic rings. The van der Waals surface area contributed by atoms with Crippen molar-refractivity contribution in [1.29, 1.82) is 0 Å². The molecule has 0 unspecified atom stereocenters. The quantitative estimate of drug-likeness (QED) is 0.125. The number of fused-ring (bicyclic) bond motifs is 8. The van der Waals surface area contributed by atoms with E-state index in [4.69, 9.17) is 4.98 Å². The van der Waals surface area contributed by atoms with Crippen LogP contribution in [0.15, 0.2) is 218 Å². The smallest absolute Gasteiger partial charge is 0.171 e. The van der Waals surface area contributed by atoms with Crippen molar-refractivity contribution in [2.24, 2.45) is 0 Å². The van der Waals surface area contributed by atoms with Gasteiger partial charge in [0.2, 0.25) is 0 Å². The first kappa shape index (κ1) is 34.2. The van der Waals surface area contributed by atoms with Crippen LogP contribution < -0.4 is 15.9 Å². The molecule has 2 nitrogen and oxygen atoms in total. The third kappa shape index (κ3) is 5.65. The highest BCUT2D eigenvalue weighted by atomic mass is 31.2. The highest BCUT2D eigenvalue weighted by Gasteiger charge is 2.29.